The predicted molar refractivity (Wildman–Crippen MR) is 327 cm³/mol. The number of pyridine rings is 1. The number of nitrogens with one attached hydrogen (secondary N) is 2. The quantitative estimate of drug-likeness (QED) is 0.0323. The van der Waals surface area contributed by atoms with Gasteiger partial charge in [-0.3, -0.25) is 28.8 Å². The van der Waals surface area contributed by atoms with Crippen LogP contribution in [-0.2, 0) is 36.8 Å². The van der Waals surface area contributed by atoms with Gasteiger partial charge < -0.3 is 35.6 Å². The summed E-state index contributed by atoms with van der Waals surface area (Å²) in [6.45, 7) is 1.10. The number of nitrogens with zero attached hydrogens (tertiary/aromatic N) is 1. The van der Waals surface area contributed by atoms with Crippen molar-refractivity contribution in [2.24, 2.45) is 0 Å². The fraction of sp³-hybridized carbons (Fsp3) is 0.103. The van der Waals surface area contributed by atoms with Crippen LogP contribution in [0.3, 0.4) is 0 Å². The average Bonchev–Trinajstić information content (AvgIpc) is 4.37. The van der Waals surface area contributed by atoms with Gasteiger partial charge in [-0.05, 0) is 137 Å². The molecule has 0 saturated heterocycles. The van der Waals surface area contributed by atoms with Crippen LogP contribution in [0.5, 0.6) is 5.75 Å². The lowest BCUT2D eigenvalue weighted by Gasteiger charge is -2.13. The van der Waals surface area contributed by atoms with Crippen molar-refractivity contribution >= 4 is 156 Å². The number of anilines is 2. The Morgan fingerprint density at radius 1 is 0.650 bits per heavy atom. The Kier molecular flexibility index (Phi) is 23.6. The van der Waals surface area contributed by atoms with Crippen LogP contribution in [0.1, 0.15) is 69.7 Å². The summed E-state index contributed by atoms with van der Waals surface area (Å²) in [7, 11) is -1.30. The van der Waals surface area contributed by atoms with Crippen molar-refractivity contribution in [1.29, 1.82) is 0 Å². The summed E-state index contributed by atoms with van der Waals surface area (Å²) in [4.78, 5) is 83.1. The number of ketones is 3. The molecule has 410 valence electrons. The number of carboxylic acids is 1. The molecule has 0 saturated carbocycles. The zero-order valence-corrected chi connectivity index (χ0v) is 46.7. The van der Waals surface area contributed by atoms with Crippen LogP contribution in [0.2, 0.25) is 10.0 Å². The summed E-state index contributed by atoms with van der Waals surface area (Å²) < 4.78 is 5.48. The maximum absolute atomic E-state index is 11.9. The minimum absolute atomic E-state index is 0. The highest BCUT2D eigenvalue weighted by Gasteiger charge is 2.31. The first kappa shape index (κ1) is 63.4. The van der Waals surface area contributed by atoms with E-state index in [0.717, 1.165) is 37.0 Å². The van der Waals surface area contributed by atoms with Crippen LogP contribution in [0, 0.1) is 3.57 Å². The molecule has 15 nitrogen and oxygen atoms in total. The van der Waals surface area contributed by atoms with Gasteiger partial charge in [-0.25, -0.2) is 9.78 Å². The smallest absolute Gasteiger partial charge is 0.489 e. The van der Waals surface area contributed by atoms with Crippen LogP contribution < -0.4 is 16.1 Å². The van der Waals surface area contributed by atoms with Crippen molar-refractivity contribution < 1.29 is 58.6 Å². The van der Waals surface area contributed by atoms with Gasteiger partial charge in [0.25, 0.3) is 23.4 Å². The molecule has 4 aromatic heterocycles. The lowest BCUT2D eigenvalue weighted by molar-refractivity contribution is -0.145. The van der Waals surface area contributed by atoms with Gasteiger partial charge in [0.15, 0.2) is 11.5 Å². The van der Waals surface area contributed by atoms with E-state index in [-0.39, 0.29) is 45.0 Å². The van der Waals surface area contributed by atoms with Crippen molar-refractivity contribution in [3.05, 3.63) is 201 Å². The number of carbonyl (C=O) groups is 7. The molecule has 2 aliphatic rings. The molecule has 6 N–H and O–H groups in total. The Labute approximate surface area is 496 Å². The molecule has 0 aliphatic carbocycles. The number of hydrogen-bond donors (Lipinski definition) is 6. The Bertz CT molecular complexity index is 3660. The topological polar surface area (TPSA) is 247 Å². The van der Waals surface area contributed by atoms with E-state index in [2.05, 4.69) is 42.9 Å². The maximum Gasteiger partial charge on any atom is 0.489 e. The number of aromatic hydroxyl groups is 1. The number of aromatic carboxylic acids is 1. The molecule has 0 unspecified atom stereocenters. The predicted octanol–water partition coefficient (Wildman–Crippen LogP) is 12.3. The number of carboxylic acid groups (broad SMARTS) is 1. The first-order valence-electron chi connectivity index (χ1n) is 23.0. The van der Waals surface area contributed by atoms with E-state index >= 15 is 0 Å². The zero-order valence-electron chi connectivity index (χ0n) is 40.6. The number of para-hydroxylation sites is 3. The number of halogens is 3. The molecule has 0 spiro atoms. The van der Waals surface area contributed by atoms with E-state index in [0.29, 0.717) is 61.0 Å². The zero-order chi connectivity index (χ0) is 56.0. The van der Waals surface area contributed by atoms with E-state index in [1.807, 2.05) is 64.0 Å². The van der Waals surface area contributed by atoms with E-state index in [1.165, 1.54) is 18.3 Å². The normalized spacial score (nSPS) is 11.4. The summed E-state index contributed by atoms with van der Waals surface area (Å²) in [5, 5.41) is 55.5. The summed E-state index contributed by atoms with van der Waals surface area (Å²) >= 11 is 18.3. The highest BCUT2D eigenvalue weighted by molar-refractivity contribution is 14.1. The highest BCUT2D eigenvalue weighted by atomic mass is 127. The number of carbonyl (C=O) groups excluding carboxylic acids is 6. The average molecular weight is 1280 g/mol. The molecule has 9 aromatic rings. The van der Waals surface area contributed by atoms with E-state index in [1.54, 1.807) is 112 Å². The molecule has 80 heavy (non-hydrogen) atoms. The number of ether oxygens (including phenoxy) is 1. The van der Waals surface area contributed by atoms with Crippen molar-refractivity contribution in [3.63, 3.8) is 0 Å². The largest absolute Gasteiger partial charge is 0.505 e. The summed E-state index contributed by atoms with van der Waals surface area (Å²) in [6.07, 6.45) is 0.557. The second kappa shape index (κ2) is 29.7. The summed E-state index contributed by atoms with van der Waals surface area (Å²) in [5.41, 5.74) is 9.03. The number of hydrogen-bond acceptors (Lipinski definition) is 15. The molecular weight excluding hydrogens is 1240 g/mol. The molecular formula is C58H49BCl2IN3O12S3. The van der Waals surface area contributed by atoms with Gasteiger partial charge >= 0.3 is 19.1 Å². The van der Waals surface area contributed by atoms with Crippen LogP contribution in [0.25, 0.3) is 33.2 Å². The van der Waals surface area contributed by atoms with Crippen LogP contribution in [0.4, 0.5) is 11.4 Å². The highest BCUT2D eigenvalue weighted by Crippen LogP contribution is 2.37. The van der Waals surface area contributed by atoms with Crippen molar-refractivity contribution in [1.82, 2.24) is 4.98 Å². The lowest BCUT2D eigenvalue weighted by atomic mass is 9.83. The Balaban J connectivity index is 0.000000193. The standard InChI is InChI=1S/C21H14ClNO3S.C12H7NO2S.C11H11ClO3.C8H4INO2.C4H5BO2S.2CH4/c22-14-6-4-12(5-7-14)10-17-20(24)18(21(25)26)16-3-1-2-15(19(16)23-17)13-8-9-27-11-13;14-11-9-3-1-2-8(7-4-5-16-6-7)10(9)13-12(11)15;1-8(13)15-7-11(14)6-9-2-4-10(12)5-3-9;9-5-3-1-2-4-6(5)10-8(12)7(4)11;6-5(7)4-1-2-8-3-4;;/h1-9,11,24H,10H2,(H,25,26);1-6H,(H,13,14,15);2-5H,6-7H2,1H3;1-3H,(H,10,11,12);1-3,6-7H;2*1H4. The van der Waals surface area contributed by atoms with Gasteiger partial charge in [0.1, 0.15) is 12.2 Å². The molecule has 0 fully saturated rings. The van der Waals surface area contributed by atoms with E-state index in [4.69, 9.17) is 33.2 Å². The van der Waals surface area contributed by atoms with Gasteiger partial charge in [-0.2, -0.15) is 34.0 Å². The number of esters is 1. The lowest BCUT2D eigenvalue weighted by Crippen LogP contribution is -2.27. The third-order valence-corrected chi connectivity index (χ3v) is 14.7. The first-order valence-corrected chi connectivity index (χ1v) is 27.6. The molecule has 6 heterocycles. The molecule has 22 heteroatoms. The maximum atomic E-state index is 11.9. The Morgan fingerprint density at radius 3 is 1.66 bits per heavy atom. The van der Waals surface area contributed by atoms with Gasteiger partial charge in [-0.15, -0.1) is 0 Å². The van der Waals surface area contributed by atoms with Gasteiger partial charge in [0.05, 0.1) is 33.7 Å². The number of rotatable bonds is 10. The third-order valence-electron chi connectivity index (χ3n) is 11.3. The second-order valence-electron chi connectivity index (χ2n) is 16.6. The Hall–Kier alpha value is -7.41. The van der Waals surface area contributed by atoms with Gasteiger partial charge in [0, 0.05) is 49.9 Å². The third kappa shape index (κ3) is 16.4. The van der Waals surface area contributed by atoms with Gasteiger partial charge in [-0.1, -0.05) is 105 Å². The van der Waals surface area contributed by atoms with Crippen molar-refractivity contribution in [2.45, 2.75) is 34.6 Å². The number of fused-ring (bicyclic) bond motifs is 3. The SMILES string of the molecule is C.C.CC(=O)OCC(=O)Cc1ccc(Cl)cc1.O=C(O)c1c(O)c(Cc2ccc(Cl)cc2)nc2c(-c3ccsc3)cccc12.O=C1Nc2c(I)cccc2C1=O.O=C1Nc2c(cccc2-c2ccsc2)C1=O.OB(O)c1ccsc1. The molecule has 11 rings (SSSR count). The minimum atomic E-state index is -1.30. The summed E-state index contributed by atoms with van der Waals surface area (Å²) in [6, 6.07) is 35.8. The minimum Gasteiger partial charge on any atom is -0.505 e. The monoisotopic (exact) mass is 1280 g/mol. The van der Waals surface area contributed by atoms with E-state index < -0.39 is 42.4 Å². The fourth-order valence-corrected chi connectivity index (χ4v) is 10.4. The van der Waals surface area contributed by atoms with Crippen LogP contribution in [0.15, 0.2) is 154 Å². The number of amides is 2. The number of Topliss-reactive ketones (excluding diaryl/α,β-unsaturated/α-hetero) is 3. The second-order valence-corrected chi connectivity index (χ2v) is 21.0. The van der Waals surface area contributed by atoms with Crippen molar-refractivity contribution in [3.8, 4) is 28.0 Å². The molecule has 0 atom stereocenters. The summed E-state index contributed by atoms with van der Waals surface area (Å²) in [5.74, 6) is -4.03. The number of thiophene rings is 3. The number of aromatic nitrogens is 1. The molecule has 5 aromatic carbocycles. The fourth-order valence-electron chi connectivity index (χ4n) is 7.56. The van der Waals surface area contributed by atoms with Crippen LogP contribution >= 0.6 is 79.8 Å². The number of benzene rings is 5. The van der Waals surface area contributed by atoms with Gasteiger partial charge in [0.2, 0.25) is 0 Å². The van der Waals surface area contributed by atoms with E-state index in [9.17, 15) is 43.8 Å². The molecule has 2 aliphatic heterocycles. The molecule has 2 amide bonds. The first-order chi connectivity index (χ1) is 37.4. The molecule has 0 radical (unpaired) electrons. The molecule has 0 bridgehead atoms. The Morgan fingerprint density at radius 2 is 1.15 bits per heavy atom. The van der Waals surface area contributed by atoms with Crippen molar-refractivity contribution in [2.75, 3.05) is 17.2 Å². The van der Waals surface area contributed by atoms with Crippen LogP contribution in [-0.4, -0.2) is 80.1 Å².